The van der Waals surface area contributed by atoms with Crippen LogP contribution in [0.5, 0.6) is 0 Å². The molecule has 21 heavy (non-hydrogen) atoms. The minimum Gasteiger partial charge on any atom is -0.382 e. The third-order valence-electron chi connectivity index (χ3n) is 2.49. The summed E-state index contributed by atoms with van der Waals surface area (Å²) in [5.74, 6) is 0. The second-order valence-electron chi connectivity index (χ2n) is 5.67. The number of hydrogen-bond acceptors (Lipinski definition) is 3. The first kappa shape index (κ1) is 17.9. The fraction of sp³-hybridized carbons (Fsp3) is 0.562. The minimum atomic E-state index is -0.178. The van der Waals surface area contributed by atoms with Crippen molar-refractivity contribution < 1.29 is 9.53 Å². The first-order valence-corrected chi connectivity index (χ1v) is 8.14. The zero-order chi connectivity index (χ0) is 15.7. The Bertz CT molecular complexity index is 427. The molecular weight excluding hydrogens is 284 g/mol. The lowest BCUT2D eigenvalue weighted by atomic mass is 10.3. The number of hydrogen-bond donors (Lipinski definition) is 2. The van der Waals surface area contributed by atoms with Crippen molar-refractivity contribution in [3.8, 4) is 0 Å². The number of carbonyl (C=O) groups is 1. The molecule has 0 aliphatic rings. The number of carbonyl (C=O) groups excluding carboxylic acids is 1. The number of benzene rings is 1. The van der Waals surface area contributed by atoms with Crippen molar-refractivity contribution >= 4 is 23.5 Å². The van der Waals surface area contributed by atoms with Crippen LogP contribution < -0.4 is 10.6 Å². The number of amides is 2. The lowest BCUT2D eigenvalue weighted by Crippen LogP contribution is -2.30. The maximum atomic E-state index is 11.7. The van der Waals surface area contributed by atoms with Crippen molar-refractivity contribution in [2.45, 2.75) is 43.8 Å². The Hall–Kier alpha value is -1.20. The van der Waals surface area contributed by atoms with Crippen molar-refractivity contribution in [1.29, 1.82) is 0 Å². The molecule has 0 aliphatic carbocycles. The summed E-state index contributed by atoms with van der Waals surface area (Å²) in [6.07, 6.45) is 0.822. The van der Waals surface area contributed by atoms with Gasteiger partial charge in [-0.2, -0.15) is 0 Å². The molecule has 0 aliphatic heterocycles. The summed E-state index contributed by atoms with van der Waals surface area (Å²) in [6.45, 7) is 10.5. The van der Waals surface area contributed by atoms with Crippen LogP contribution in [-0.2, 0) is 4.74 Å². The van der Waals surface area contributed by atoms with Gasteiger partial charge in [0.2, 0.25) is 0 Å². The first-order valence-electron chi connectivity index (χ1n) is 7.32. The quantitative estimate of drug-likeness (QED) is 0.588. The monoisotopic (exact) mass is 310 g/mol. The third-order valence-corrected chi connectivity index (χ3v) is 3.61. The summed E-state index contributed by atoms with van der Waals surface area (Å²) < 4.78 is 5.40. The van der Waals surface area contributed by atoms with E-state index in [1.165, 1.54) is 4.90 Å². The van der Waals surface area contributed by atoms with Gasteiger partial charge in [-0.25, -0.2) is 4.79 Å². The topological polar surface area (TPSA) is 50.4 Å². The molecule has 0 fully saturated rings. The molecule has 0 bridgehead atoms. The van der Waals surface area contributed by atoms with Gasteiger partial charge in [0.1, 0.15) is 0 Å². The number of urea groups is 1. The van der Waals surface area contributed by atoms with E-state index in [1.54, 1.807) is 0 Å². The minimum absolute atomic E-state index is 0.178. The van der Waals surface area contributed by atoms with Gasteiger partial charge in [-0.15, -0.1) is 11.8 Å². The van der Waals surface area contributed by atoms with E-state index in [4.69, 9.17) is 4.74 Å². The van der Waals surface area contributed by atoms with Crippen molar-refractivity contribution in [3.05, 3.63) is 24.3 Å². The second-order valence-corrected chi connectivity index (χ2v) is 7.57. The Morgan fingerprint density at radius 2 is 1.90 bits per heavy atom. The van der Waals surface area contributed by atoms with Crippen LogP contribution in [0.1, 0.15) is 34.1 Å². The van der Waals surface area contributed by atoms with Crippen LogP contribution in [0.25, 0.3) is 0 Å². The molecule has 0 heterocycles. The van der Waals surface area contributed by atoms with Crippen LogP contribution in [0.4, 0.5) is 10.5 Å². The molecule has 0 spiro atoms. The Kier molecular flexibility index (Phi) is 7.61. The van der Waals surface area contributed by atoms with E-state index in [2.05, 4.69) is 31.4 Å². The fourth-order valence-electron chi connectivity index (χ4n) is 1.66. The van der Waals surface area contributed by atoms with E-state index in [1.807, 2.05) is 43.0 Å². The van der Waals surface area contributed by atoms with Crippen molar-refractivity contribution in [1.82, 2.24) is 5.32 Å². The Morgan fingerprint density at radius 1 is 1.24 bits per heavy atom. The highest BCUT2D eigenvalue weighted by Gasteiger charge is 2.11. The molecule has 4 nitrogen and oxygen atoms in total. The van der Waals surface area contributed by atoms with Crippen LogP contribution in [0, 0.1) is 0 Å². The molecule has 2 N–H and O–H groups in total. The molecule has 118 valence electrons. The summed E-state index contributed by atoms with van der Waals surface area (Å²) in [4.78, 5) is 12.9. The summed E-state index contributed by atoms with van der Waals surface area (Å²) in [5, 5.41) is 5.63. The molecule has 0 radical (unpaired) electrons. The van der Waals surface area contributed by atoms with Crippen molar-refractivity contribution in [2.24, 2.45) is 0 Å². The normalized spacial score (nSPS) is 11.2. The second kappa shape index (κ2) is 8.95. The van der Waals surface area contributed by atoms with Gasteiger partial charge in [0.05, 0.1) is 0 Å². The van der Waals surface area contributed by atoms with Crippen LogP contribution in [-0.4, -0.2) is 30.5 Å². The van der Waals surface area contributed by atoms with Gasteiger partial charge in [-0.05, 0) is 37.6 Å². The maximum Gasteiger partial charge on any atom is 0.319 e. The SMILES string of the molecule is CCOCCCNC(=O)Nc1ccc(SC(C)(C)C)cc1. The summed E-state index contributed by atoms with van der Waals surface area (Å²) >= 11 is 1.81. The highest BCUT2D eigenvalue weighted by molar-refractivity contribution is 8.00. The van der Waals surface area contributed by atoms with Crippen LogP contribution in [0.15, 0.2) is 29.2 Å². The van der Waals surface area contributed by atoms with Gasteiger partial charge >= 0.3 is 6.03 Å². The molecule has 0 atom stereocenters. The lowest BCUT2D eigenvalue weighted by Gasteiger charge is -2.17. The average Bonchev–Trinajstić information content (AvgIpc) is 2.39. The van der Waals surface area contributed by atoms with Crippen molar-refractivity contribution in [3.63, 3.8) is 0 Å². The zero-order valence-corrected chi connectivity index (χ0v) is 14.2. The predicted octanol–water partition coefficient (Wildman–Crippen LogP) is 4.13. The number of thioether (sulfide) groups is 1. The highest BCUT2D eigenvalue weighted by atomic mass is 32.2. The molecule has 0 saturated carbocycles. The molecule has 0 unspecified atom stereocenters. The Morgan fingerprint density at radius 3 is 2.48 bits per heavy atom. The smallest absolute Gasteiger partial charge is 0.319 e. The molecule has 1 aromatic rings. The van der Waals surface area contributed by atoms with Gasteiger partial charge in [0, 0.05) is 35.1 Å². The van der Waals surface area contributed by atoms with E-state index in [0.717, 1.165) is 12.1 Å². The van der Waals surface area contributed by atoms with Gasteiger partial charge in [-0.3, -0.25) is 0 Å². The van der Waals surface area contributed by atoms with Gasteiger partial charge in [0.25, 0.3) is 0 Å². The largest absolute Gasteiger partial charge is 0.382 e. The number of ether oxygens (including phenoxy) is 1. The highest BCUT2D eigenvalue weighted by Crippen LogP contribution is 2.32. The molecular formula is C16H26N2O2S. The summed E-state index contributed by atoms with van der Waals surface area (Å²) in [7, 11) is 0. The van der Waals surface area contributed by atoms with Crippen molar-refractivity contribution in [2.75, 3.05) is 25.1 Å². The molecule has 0 aromatic heterocycles. The van der Waals surface area contributed by atoms with E-state index < -0.39 is 0 Å². The molecule has 5 heteroatoms. The van der Waals surface area contributed by atoms with Crippen LogP contribution in [0.2, 0.25) is 0 Å². The number of anilines is 1. The van der Waals surface area contributed by atoms with E-state index in [-0.39, 0.29) is 10.8 Å². The first-order chi connectivity index (χ1) is 9.90. The Balaban J connectivity index is 2.33. The Labute approximate surface area is 132 Å². The molecule has 1 aromatic carbocycles. The summed E-state index contributed by atoms with van der Waals surface area (Å²) in [5.41, 5.74) is 0.801. The average molecular weight is 310 g/mol. The number of rotatable bonds is 7. The molecule has 2 amide bonds. The van der Waals surface area contributed by atoms with Gasteiger partial charge in [-0.1, -0.05) is 20.8 Å². The maximum absolute atomic E-state index is 11.7. The lowest BCUT2D eigenvalue weighted by molar-refractivity contribution is 0.145. The van der Waals surface area contributed by atoms with E-state index in [0.29, 0.717) is 19.8 Å². The number of nitrogens with one attached hydrogen (secondary N) is 2. The fourth-order valence-corrected chi connectivity index (χ4v) is 2.63. The molecule has 1 rings (SSSR count). The van der Waals surface area contributed by atoms with Crippen LogP contribution >= 0.6 is 11.8 Å². The predicted molar refractivity (Wildman–Crippen MR) is 90.2 cm³/mol. The zero-order valence-electron chi connectivity index (χ0n) is 13.4. The van der Waals surface area contributed by atoms with Gasteiger partial charge in [0.15, 0.2) is 0 Å². The third kappa shape index (κ3) is 8.63. The molecule has 0 saturated heterocycles. The summed E-state index contributed by atoms with van der Waals surface area (Å²) in [6, 6.07) is 7.73. The standard InChI is InChI=1S/C16H26N2O2S/c1-5-20-12-6-11-17-15(19)18-13-7-9-14(10-8-13)21-16(2,3)4/h7-10H,5-6,11-12H2,1-4H3,(H2,17,18,19). The van der Waals surface area contributed by atoms with E-state index in [9.17, 15) is 4.79 Å². The van der Waals surface area contributed by atoms with Gasteiger partial charge < -0.3 is 15.4 Å². The van der Waals surface area contributed by atoms with Crippen LogP contribution in [0.3, 0.4) is 0 Å². The van der Waals surface area contributed by atoms with E-state index >= 15 is 0 Å².